The molecular weight excluding hydrogens is 442 g/mol. The van der Waals surface area contributed by atoms with Gasteiger partial charge in [0.2, 0.25) is 0 Å². The Labute approximate surface area is 195 Å². The highest BCUT2D eigenvalue weighted by Gasteiger charge is 2.24. The second-order valence-electron chi connectivity index (χ2n) is 6.92. The molecule has 0 bridgehead atoms. The van der Waals surface area contributed by atoms with Crippen LogP contribution in [0.4, 0.5) is 5.13 Å². The zero-order valence-corrected chi connectivity index (χ0v) is 19.3. The van der Waals surface area contributed by atoms with E-state index >= 15 is 0 Å². The number of aromatic nitrogens is 2. The molecule has 33 heavy (non-hydrogen) atoms. The van der Waals surface area contributed by atoms with E-state index < -0.39 is 0 Å². The lowest BCUT2D eigenvalue weighted by atomic mass is 10.2. The molecule has 0 aliphatic rings. The van der Waals surface area contributed by atoms with E-state index in [4.69, 9.17) is 23.9 Å². The van der Waals surface area contributed by atoms with Crippen LogP contribution in [0.15, 0.2) is 60.9 Å². The summed E-state index contributed by atoms with van der Waals surface area (Å²) in [5.74, 6) is 2.04. The Balaban J connectivity index is 1.68. The van der Waals surface area contributed by atoms with Gasteiger partial charge in [-0.05, 0) is 35.9 Å². The average molecular weight is 466 g/mol. The van der Waals surface area contributed by atoms with Crippen LogP contribution in [0.3, 0.4) is 0 Å². The van der Waals surface area contributed by atoms with E-state index in [1.807, 2.05) is 30.3 Å². The Kier molecular flexibility index (Phi) is 6.89. The number of nitrogens with zero attached hydrogens (tertiary/aromatic N) is 3. The summed E-state index contributed by atoms with van der Waals surface area (Å²) < 4.78 is 22.9. The van der Waals surface area contributed by atoms with Gasteiger partial charge >= 0.3 is 0 Å². The summed E-state index contributed by atoms with van der Waals surface area (Å²) in [7, 11) is 4.74. The predicted molar refractivity (Wildman–Crippen MR) is 127 cm³/mol. The van der Waals surface area contributed by atoms with Gasteiger partial charge in [0.05, 0.1) is 27.9 Å². The predicted octanol–water partition coefficient (Wildman–Crippen LogP) is 4.33. The standard InChI is InChI=1S/C24H23N3O5S/c1-29-17-8-4-5-9-18(17)32-15-21(28)27(14-16-7-6-12-25-13-16)24-26-22-19(30-2)10-11-20(31-3)23(22)33-24/h4-13H,14-15H2,1-3H3. The van der Waals surface area contributed by atoms with Gasteiger partial charge in [-0.3, -0.25) is 14.7 Å². The molecule has 2 heterocycles. The highest BCUT2D eigenvalue weighted by Crippen LogP contribution is 2.40. The third-order valence-corrected chi connectivity index (χ3v) is 6.01. The lowest BCUT2D eigenvalue weighted by Crippen LogP contribution is -2.34. The van der Waals surface area contributed by atoms with Gasteiger partial charge in [-0.2, -0.15) is 0 Å². The second-order valence-corrected chi connectivity index (χ2v) is 7.90. The van der Waals surface area contributed by atoms with E-state index in [9.17, 15) is 4.79 Å². The van der Waals surface area contributed by atoms with Crippen LogP contribution in [-0.2, 0) is 11.3 Å². The lowest BCUT2D eigenvalue weighted by Gasteiger charge is -2.20. The number of para-hydroxylation sites is 2. The minimum absolute atomic E-state index is 0.190. The SMILES string of the molecule is COc1ccccc1OCC(=O)N(Cc1cccnc1)c1nc2c(OC)ccc(OC)c2s1. The molecular formula is C24H23N3O5S. The van der Waals surface area contributed by atoms with Crippen molar-refractivity contribution in [2.45, 2.75) is 6.54 Å². The molecule has 0 atom stereocenters. The highest BCUT2D eigenvalue weighted by atomic mass is 32.1. The molecule has 0 aliphatic carbocycles. The first-order chi connectivity index (χ1) is 16.1. The van der Waals surface area contributed by atoms with Gasteiger partial charge in [0.15, 0.2) is 23.2 Å². The fraction of sp³-hybridized carbons (Fsp3) is 0.208. The summed E-state index contributed by atoms with van der Waals surface area (Å²) in [4.78, 5) is 23.8. The quantitative estimate of drug-likeness (QED) is 0.364. The molecule has 2 aromatic heterocycles. The average Bonchev–Trinajstić information content (AvgIpc) is 3.31. The van der Waals surface area contributed by atoms with Crippen LogP contribution in [0, 0.1) is 0 Å². The van der Waals surface area contributed by atoms with E-state index in [0.717, 1.165) is 10.3 Å². The minimum atomic E-state index is -0.262. The molecule has 2 aromatic carbocycles. The number of rotatable bonds is 9. The van der Waals surface area contributed by atoms with Crippen molar-refractivity contribution >= 4 is 32.6 Å². The van der Waals surface area contributed by atoms with Gasteiger partial charge in [0.1, 0.15) is 21.7 Å². The molecule has 8 nitrogen and oxygen atoms in total. The van der Waals surface area contributed by atoms with Crippen molar-refractivity contribution in [3.05, 3.63) is 66.5 Å². The van der Waals surface area contributed by atoms with Gasteiger partial charge < -0.3 is 18.9 Å². The second kappa shape index (κ2) is 10.2. The molecule has 0 unspecified atom stereocenters. The number of fused-ring (bicyclic) bond motifs is 1. The van der Waals surface area contributed by atoms with Gasteiger partial charge in [0, 0.05) is 12.4 Å². The number of anilines is 1. The maximum absolute atomic E-state index is 13.4. The summed E-state index contributed by atoms with van der Waals surface area (Å²) in [6.45, 7) is 0.0945. The number of carbonyl (C=O) groups excluding carboxylic acids is 1. The van der Waals surface area contributed by atoms with Crippen LogP contribution in [0.5, 0.6) is 23.0 Å². The number of methoxy groups -OCH3 is 3. The lowest BCUT2D eigenvalue weighted by molar-refractivity contribution is -0.120. The molecule has 0 N–H and O–H groups in total. The first-order valence-electron chi connectivity index (χ1n) is 10.1. The molecule has 0 aliphatic heterocycles. The van der Waals surface area contributed by atoms with Crippen molar-refractivity contribution < 1.29 is 23.7 Å². The molecule has 0 saturated carbocycles. The van der Waals surface area contributed by atoms with Crippen LogP contribution < -0.4 is 23.8 Å². The minimum Gasteiger partial charge on any atom is -0.495 e. The van der Waals surface area contributed by atoms with Crippen molar-refractivity contribution in [1.29, 1.82) is 0 Å². The first kappa shape index (κ1) is 22.3. The van der Waals surface area contributed by atoms with Crippen LogP contribution in [0.1, 0.15) is 5.56 Å². The summed E-state index contributed by atoms with van der Waals surface area (Å²) in [5, 5.41) is 0.505. The zero-order valence-electron chi connectivity index (χ0n) is 18.5. The number of carbonyl (C=O) groups is 1. The largest absolute Gasteiger partial charge is 0.495 e. The summed E-state index contributed by atoms with van der Waals surface area (Å²) >= 11 is 1.35. The van der Waals surface area contributed by atoms with Crippen LogP contribution >= 0.6 is 11.3 Å². The molecule has 0 saturated heterocycles. The molecule has 1 amide bonds. The normalized spacial score (nSPS) is 10.6. The molecule has 9 heteroatoms. The van der Waals surface area contributed by atoms with Gasteiger partial charge in [-0.25, -0.2) is 4.98 Å². The van der Waals surface area contributed by atoms with Crippen LogP contribution in [-0.4, -0.2) is 43.8 Å². The van der Waals surface area contributed by atoms with Crippen LogP contribution in [0.2, 0.25) is 0 Å². The van der Waals surface area contributed by atoms with Crippen molar-refractivity contribution in [2.75, 3.05) is 32.8 Å². The molecule has 170 valence electrons. The third-order valence-electron chi connectivity index (χ3n) is 4.91. The fourth-order valence-electron chi connectivity index (χ4n) is 3.28. The number of ether oxygens (including phenoxy) is 4. The van der Waals surface area contributed by atoms with E-state index in [0.29, 0.717) is 33.6 Å². The number of pyridine rings is 1. The number of hydrogen-bond acceptors (Lipinski definition) is 8. The Morgan fingerprint density at radius 3 is 2.33 bits per heavy atom. The van der Waals surface area contributed by atoms with E-state index in [1.54, 1.807) is 56.8 Å². The van der Waals surface area contributed by atoms with Crippen molar-refractivity contribution in [3.63, 3.8) is 0 Å². The first-order valence-corrected chi connectivity index (χ1v) is 10.9. The van der Waals surface area contributed by atoms with Crippen LogP contribution in [0.25, 0.3) is 10.2 Å². The van der Waals surface area contributed by atoms with E-state index in [-0.39, 0.29) is 19.1 Å². The number of thiazole rings is 1. The number of amides is 1. The fourth-order valence-corrected chi connectivity index (χ4v) is 4.37. The smallest absolute Gasteiger partial charge is 0.267 e. The van der Waals surface area contributed by atoms with Crippen molar-refractivity contribution in [1.82, 2.24) is 9.97 Å². The number of benzene rings is 2. The van der Waals surface area contributed by atoms with Crippen molar-refractivity contribution in [2.24, 2.45) is 0 Å². The maximum atomic E-state index is 13.4. The summed E-state index contributed by atoms with van der Waals surface area (Å²) in [5.41, 5.74) is 1.49. The maximum Gasteiger partial charge on any atom is 0.267 e. The topological polar surface area (TPSA) is 83.0 Å². The van der Waals surface area contributed by atoms with Crippen molar-refractivity contribution in [3.8, 4) is 23.0 Å². The molecule has 4 aromatic rings. The molecule has 0 spiro atoms. The summed E-state index contributed by atoms with van der Waals surface area (Å²) in [6.07, 6.45) is 3.41. The van der Waals surface area contributed by atoms with Gasteiger partial charge in [-0.1, -0.05) is 29.5 Å². The molecule has 0 fully saturated rings. The highest BCUT2D eigenvalue weighted by molar-refractivity contribution is 7.22. The molecule has 4 rings (SSSR count). The zero-order chi connectivity index (χ0) is 23.2. The monoisotopic (exact) mass is 465 g/mol. The Morgan fingerprint density at radius 1 is 0.909 bits per heavy atom. The van der Waals surface area contributed by atoms with E-state index in [1.165, 1.54) is 11.3 Å². The van der Waals surface area contributed by atoms with Gasteiger partial charge in [-0.15, -0.1) is 0 Å². The Hall–Kier alpha value is -3.85. The Morgan fingerprint density at radius 2 is 1.64 bits per heavy atom. The Bertz CT molecular complexity index is 1200. The summed E-state index contributed by atoms with van der Waals surface area (Å²) in [6, 6.07) is 14.5. The van der Waals surface area contributed by atoms with E-state index in [2.05, 4.69) is 4.98 Å². The number of hydrogen-bond donors (Lipinski definition) is 0. The van der Waals surface area contributed by atoms with Gasteiger partial charge in [0.25, 0.3) is 5.91 Å². The third kappa shape index (κ3) is 4.83. The molecule has 0 radical (unpaired) electrons.